The molecule has 1 aliphatic heterocycles. The van der Waals surface area contributed by atoms with Gasteiger partial charge in [0.1, 0.15) is 6.54 Å². The molecule has 9 heteroatoms. The Balaban J connectivity index is 2.66. The Labute approximate surface area is 110 Å². The van der Waals surface area contributed by atoms with Crippen molar-refractivity contribution in [3.8, 4) is 6.07 Å². The molecule has 1 unspecified atom stereocenters. The van der Waals surface area contributed by atoms with E-state index in [1.807, 2.05) is 0 Å². The molecule has 0 aromatic heterocycles. The van der Waals surface area contributed by atoms with Crippen LogP contribution >= 0.6 is 0 Å². The summed E-state index contributed by atoms with van der Waals surface area (Å²) in [5, 5.41) is 19.4. The van der Waals surface area contributed by atoms with Crippen LogP contribution in [-0.2, 0) is 19.4 Å². The highest BCUT2D eigenvalue weighted by atomic mass is 32.2. The third-order valence-electron chi connectivity index (χ3n) is 2.77. The molecule has 0 spiro atoms. The van der Waals surface area contributed by atoms with Gasteiger partial charge in [0.25, 0.3) is 0 Å². The molecule has 8 nitrogen and oxygen atoms in total. The molecule has 1 rings (SSSR count). The first-order valence-electron chi connectivity index (χ1n) is 5.64. The van der Waals surface area contributed by atoms with E-state index in [9.17, 15) is 18.0 Å². The Morgan fingerprint density at radius 1 is 1.47 bits per heavy atom. The number of hydrogen-bond acceptors (Lipinski definition) is 6. The minimum Gasteiger partial charge on any atom is -0.481 e. The van der Waals surface area contributed by atoms with Gasteiger partial charge in [0.05, 0.1) is 30.5 Å². The molecule has 0 aliphatic carbocycles. The Morgan fingerprint density at radius 3 is 2.74 bits per heavy atom. The first kappa shape index (κ1) is 15.4. The number of hydrogen-bond donors (Lipinski definition) is 2. The summed E-state index contributed by atoms with van der Waals surface area (Å²) in [6, 6.07) is 1.05. The van der Waals surface area contributed by atoms with Crippen molar-refractivity contribution in [2.45, 2.75) is 12.5 Å². The van der Waals surface area contributed by atoms with Gasteiger partial charge in [-0.25, -0.2) is 8.42 Å². The van der Waals surface area contributed by atoms with Gasteiger partial charge in [-0.05, 0) is 0 Å². The van der Waals surface area contributed by atoms with Crippen LogP contribution in [0.1, 0.15) is 6.42 Å². The van der Waals surface area contributed by atoms with Crippen LogP contribution in [0, 0.1) is 11.3 Å². The summed E-state index contributed by atoms with van der Waals surface area (Å²) in [5.41, 5.74) is 0. The first-order chi connectivity index (χ1) is 8.84. The molecule has 0 aromatic carbocycles. The van der Waals surface area contributed by atoms with Crippen LogP contribution in [0.3, 0.4) is 0 Å². The average molecular weight is 289 g/mol. The summed E-state index contributed by atoms with van der Waals surface area (Å²) in [6.07, 6.45) is -0.329. The zero-order chi connectivity index (χ0) is 14.5. The summed E-state index contributed by atoms with van der Waals surface area (Å²) in [4.78, 5) is 23.7. The van der Waals surface area contributed by atoms with E-state index in [0.717, 1.165) is 0 Å². The number of carboxylic acids is 1. The van der Waals surface area contributed by atoms with Gasteiger partial charge in [-0.15, -0.1) is 0 Å². The highest BCUT2D eigenvalue weighted by Gasteiger charge is 2.33. The lowest BCUT2D eigenvalue weighted by molar-refractivity contribution is -0.138. The molecule has 1 aliphatic rings. The number of amides is 1. The minimum absolute atomic E-state index is 0.0886. The Hall–Kier alpha value is -1.66. The maximum Gasteiger partial charge on any atom is 0.304 e. The SMILES string of the molecule is N#CCNC(=O)CN1CCS(=O)(=O)CC1CC(=O)O. The number of carbonyl (C=O) groups is 2. The second kappa shape index (κ2) is 6.49. The molecule has 0 aromatic rings. The Kier molecular flexibility index (Phi) is 5.26. The third kappa shape index (κ3) is 5.23. The number of rotatable bonds is 5. The second-order valence-electron chi connectivity index (χ2n) is 4.27. The van der Waals surface area contributed by atoms with Gasteiger partial charge in [0.15, 0.2) is 9.84 Å². The van der Waals surface area contributed by atoms with Gasteiger partial charge >= 0.3 is 5.97 Å². The van der Waals surface area contributed by atoms with Crippen molar-refractivity contribution in [3.05, 3.63) is 0 Å². The monoisotopic (exact) mass is 289 g/mol. The van der Waals surface area contributed by atoms with E-state index >= 15 is 0 Å². The van der Waals surface area contributed by atoms with Crippen molar-refractivity contribution in [2.24, 2.45) is 0 Å². The first-order valence-corrected chi connectivity index (χ1v) is 7.46. The van der Waals surface area contributed by atoms with Crippen LogP contribution in [0.2, 0.25) is 0 Å². The molecule has 1 heterocycles. The molecule has 0 saturated carbocycles. The number of sulfone groups is 1. The van der Waals surface area contributed by atoms with E-state index < -0.39 is 27.8 Å². The lowest BCUT2D eigenvalue weighted by Crippen LogP contribution is -2.52. The van der Waals surface area contributed by atoms with Crippen LogP contribution in [-0.4, -0.2) is 67.5 Å². The number of carboxylic acid groups (broad SMARTS) is 1. The molecule has 0 radical (unpaired) electrons. The predicted octanol–water partition coefficient (Wildman–Crippen LogP) is -1.80. The maximum atomic E-state index is 11.5. The zero-order valence-corrected chi connectivity index (χ0v) is 11.0. The maximum absolute atomic E-state index is 11.5. The Morgan fingerprint density at radius 2 is 2.16 bits per heavy atom. The fourth-order valence-corrected chi connectivity index (χ4v) is 3.49. The number of aliphatic carboxylic acids is 1. The van der Waals surface area contributed by atoms with E-state index in [-0.39, 0.29) is 37.6 Å². The summed E-state index contributed by atoms with van der Waals surface area (Å²) in [7, 11) is -3.25. The van der Waals surface area contributed by atoms with Crippen LogP contribution in [0.25, 0.3) is 0 Å². The van der Waals surface area contributed by atoms with Gasteiger partial charge in [0, 0.05) is 12.6 Å². The quantitative estimate of drug-likeness (QED) is 0.571. The predicted molar refractivity (Wildman–Crippen MR) is 64.9 cm³/mol. The van der Waals surface area contributed by atoms with Gasteiger partial charge in [0.2, 0.25) is 5.91 Å². The fourth-order valence-electron chi connectivity index (χ4n) is 1.90. The molecule has 1 atom stereocenters. The summed E-state index contributed by atoms with van der Waals surface area (Å²) >= 11 is 0. The van der Waals surface area contributed by atoms with Crippen LogP contribution in [0.5, 0.6) is 0 Å². The minimum atomic E-state index is -3.25. The van der Waals surface area contributed by atoms with Crippen LogP contribution < -0.4 is 5.32 Å². The lowest BCUT2D eigenvalue weighted by Gasteiger charge is -2.33. The molecule has 106 valence electrons. The Bertz CT molecular complexity index is 496. The molecule has 2 N–H and O–H groups in total. The van der Waals surface area contributed by atoms with Crippen molar-refractivity contribution in [3.63, 3.8) is 0 Å². The molecule has 1 amide bonds. The fraction of sp³-hybridized carbons (Fsp3) is 0.700. The molecular weight excluding hydrogens is 274 g/mol. The molecule has 0 bridgehead atoms. The van der Waals surface area contributed by atoms with Crippen LogP contribution in [0.4, 0.5) is 0 Å². The third-order valence-corrected chi connectivity index (χ3v) is 4.47. The standard InChI is InChI=1S/C10H15N3O5S/c11-1-2-12-9(14)6-13-3-4-19(17,18)7-8(13)5-10(15)16/h8H,2-7H2,(H,12,14)(H,15,16). The molecule has 1 fully saturated rings. The smallest absolute Gasteiger partial charge is 0.304 e. The van der Waals surface area contributed by atoms with E-state index in [1.165, 1.54) is 4.90 Å². The van der Waals surface area contributed by atoms with Gasteiger partial charge in [-0.3, -0.25) is 14.5 Å². The number of carbonyl (C=O) groups excluding carboxylic acids is 1. The second-order valence-corrected chi connectivity index (χ2v) is 6.50. The van der Waals surface area contributed by atoms with E-state index in [1.54, 1.807) is 6.07 Å². The highest BCUT2D eigenvalue weighted by molar-refractivity contribution is 7.91. The molecule has 1 saturated heterocycles. The van der Waals surface area contributed by atoms with Gasteiger partial charge < -0.3 is 10.4 Å². The molecular formula is C10H15N3O5S. The zero-order valence-electron chi connectivity index (χ0n) is 10.2. The van der Waals surface area contributed by atoms with Gasteiger partial charge in [-0.2, -0.15) is 5.26 Å². The highest BCUT2D eigenvalue weighted by Crippen LogP contribution is 2.14. The number of nitrogens with one attached hydrogen (secondary N) is 1. The topological polar surface area (TPSA) is 128 Å². The average Bonchev–Trinajstić information content (AvgIpc) is 2.29. The largest absolute Gasteiger partial charge is 0.481 e. The molecule has 19 heavy (non-hydrogen) atoms. The van der Waals surface area contributed by atoms with Crippen molar-refractivity contribution in [1.82, 2.24) is 10.2 Å². The van der Waals surface area contributed by atoms with Crippen molar-refractivity contribution in [1.29, 1.82) is 5.26 Å². The van der Waals surface area contributed by atoms with E-state index in [4.69, 9.17) is 10.4 Å². The summed E-state index contributed by atoms with van der Waals surface area (Å²) < 4.78 is 23.0. The van der Waals surface area contributed by atoms with Crippen molar-refractivity contribution >= 4 is 21.7 Å². The van der Waals surface area contributed by atoms with Gasteiger partial charge in [-0.1, -0.05) is 0 Å². The van der Waals surface area contributed by atoms with Crippen LogP contribution in [0.15, 0.2) is 0 Å². The van der Waals surface area contributed by atoms with E-state index in [0.29, 0.717) is 0 Å². The number of nitriles is 1. The summed E-state index contributed by atoms with van der Waals surface area (Å²) in [6.45, 7) is -0.107. The lowest BCUT2D eigenvalue weighted by atomic mass is 10.2. The van der Waals surface area contributed by atoms with Crippen molar-refractivity contribution in [2.75, 3.05) is 31.1 Å². The number of nitrogens with zero attached hydrogens (tertiary/aromatic N) is 2. The normalized spacial score (nSPS) is 22.4. The van der Waals surface area contributed by atoms with E-state index in [2.05, 4.69) is 5.32 Å². The van der Waals surface area contributed by atoms with Crippen molar-refractivity contribution < 1.29 is 23.1 Å². The summed E-state index contributed by atoms with van der Waals surface area (Å²) in [5.74, 6) is -1.87.